The van der Waals surface area contributed by atoms with Crippen LogP contribution in [0.15, 0.2) is 47.5 Å². The van der Waals surface area contributed by atoms with E-state index in [1.54, 1.807) is 28.4 Å². The number of likely N-dealkylation sites (tertiary alicyclic amines) is 1. The van der Waals surface area contributed by atoms with Gasteiger partial charge in [0.2, 0.25) is 0 Å². The molecule has 2 aromatic carbocycles. The predicted octanol–water partition coefficient (Wildman–Crippen LogP) is 3.29. The molecule has 3 rings (SSSR count). The first kappa shape index (κ1) is 23.7. The Balaban J connectivity index is 1.40. The van der Waals surface area contributed by atoms with Gasteiger partial charge < -0.3 is 24.8 Å². The Morgan fingerprint density at radius 1 is 0.938 bits per heavy atom. The smallest absolute Gasteiger partial charge is 0.191 e. The Bertz CT molecular complexity index is 862. The molecule has 0 amide bonds. The molecule has 0 saturated carbocycles. The number of piperidine rings is 1. The van der Waals surface area contributed by atoms with Crippen molar-refractivity contribution in [3.05, 3.63) is 53.6 Å². The largest absolute Gasteiger partial charge is 0.497 e. The van der Waals surface area contributed by atoms with E-state index in [1.165, 1.54) is 18.4 Å². The minimum absolute atomic E-state index is 0.632. The summed E-state index contributed by atoms with van der Waals surface area (Å²) in [7, 11) is 6.83. The molecule has 0 unspecified atom stereocenters. The van der Waals surface area contributed by atoms with Gasteiger partial charge in [0.25, 0.3) is 0 Å². The second-order valence-corrected chi connectivity index (χ2v) is 8.05. The van der Waals surface area contributed by atoms with Crippen molar-refractivity contribution < 1.29 is 14.2 Å². The van der Waals surface area contributed by atoms with Crippen LogP contribution in [0.2, 0.25) is 0 Å². The molecule has 7 heteroatoms. The summed E-state index contributed by atoms with van der Waals surface area (Å²) >= 11 is 0. The van der Waals surface area contributed by atoms with Crippen LogP contribution in [0.25, 0.3) is 0 Å². The SMILES string of the molecule is CN=C(NCc1ccc(OC)cc1OC)NCC1CCN(Cc2ccc(OC)cc2)CC1. The van der Waals surface area contributed by atoms with E-state index in [0.29, 0.717) is 12.5 Å². The molecule has 0 radical (unpaired) electrons. The molecule has 2 N–H and O–H groups in total. The van der Waals surface area contributed by atoms with E-state index >= 15 is 0 Å². The third kappa shape index (κ3) is 6.79. The summed E-state index contributed by atoms with van der Waals surface area (Å²) in [5.41, 5.74) is 2.39. The fraction of sp³-hybridized carbons (Fsp3) is 0.480. The first-order valence-electron chi connectivity index (χ1n) is 11.2. The summed E-state index contributed by atoms with van der Waals surface area (Å²) in [4.78, 5) is 6.90. The zero-order valence-corrected chi connectivity index (χ0v) is 19.7. The molecule has 1 heterocycles. The highest BCUT2D eigenvalue weighted by Gasteiger charge is 2.19. The van der Waals surface area contributed by atoms with Gasteiger partial charge in [-0.05, 0) is 61.7 Å². The van der Waals surface area contributed by atoms with E-state index in [-0.39, 0.29) is 0 Å². The van der Waals surface area contributed by atoms with Crippen molar-refractivity contribution >= 4 is 5.96 Å². The topological polar surface area (TPSA) is 67.4 Å². The van der Waals surface area contributed by atoms with Gasteiger partial charge >= 0.3 is 0 Å². The molecule has 0 bridgehead atoms. The van der Waals surface area contributed by atoms with Gasteiger partial charge in [-0.2, -0.15) is 0 Å². The Labute approximate surface area is 191 Å². The number of hydrogen-bond donors (Lipinski definition) is 2. The average Bonchev–Trinajstić information content (AvgIpc) is 2.85. The number of nitrogens with zero attached hydrogens (tertiary/aromatic N) is 2. The molecule has 1 aliphatic heterocycles. The highest BCUT2D eigenvalue weighted by molar-refractivity contribution is 5.79. The fourth-order valence-electron chi connectivity index (χ4n) is 3.98. The summed E-state index contributed by atoms with van der Waals surface area (Å²) in [6, 6.07) is 14.2. The van der Waals surface area contributed by atoms with E-state index < -0.39 is 0 Å². The Morgan fingerprint density at radius 3 is 2.25 bits per heavy atom. The number of aliphatic imine (C=N–C) groups is 1. The van der Waals surface area contributed by atoms with Crippen molar-refractivity contribution in [1.29, 1.82) is 0 Å². The van der Waals surface area contributed by atoms with Gasteiger partial charge in [-0.25, -0.2) is 0 Å². The van der Waals surface area contributed by atoms with Gasteiger partial charge in [-0.3, -0.25) is 9.89 Å². The Hall–Kier alpha value is -2.93. The number of ether oxygens (including phenoxy) is 3. The molecule has 1 saturated heterocycles. The summed E-state index contributed by atoms with van der Waals surface area (Å²) < 4.78 is 16.0. The second kappa shape index (κ2) is 12.2. The standard InChI is InChI=1S/C25H36N4O3/c1-26-25(28-17-21-7-10-23(31-3)15-24(21)32-4)27-16-19-11-13-29(14-12-19)18-20-5-8-22(30-2)9-6-20/h5-10,15,19H,11-14,16-18H2,1-4H3,(H2,26,27,28). The van der Waals surface area contributed by atoms with Crippen molar-refractivity contribution in [2.24, 2.45) is 10.9 Å². The van der Waals surface area contributed by atoms with Gasteiger partial charge in [0.15, 0.2) is 5.96 Å². The van der Waals surface area contributed by atoms with Crippen molar-refractivity contribution in [3.63, 3.8) is 0 Å². The second-order valence-electron chi connectivity index (χ2n) is 8.05. The van der Waals surface area contributed by atoms with Crippen LogP contribution >= 0.6 is 0 Å². The van der Waals surface area contributed by atoms with Gasteiger partial charge in [-0.1, -0.05) is 12.1 Å². The molecular formula is C25H36N4O3. The van der Waals surface area contributed by atoms with Gasteiger partial charge in [0, 0.05) is 38.3 Å². The number of hydrogen-bond acceptors (Lipinski definition) is 5. The highest BCUT2D eigenvalue weighted by atomic mass is 16.5. The van der Waals surface area contributed by atoms with Crippen LogP contribution in [0.5, 0.6) is 17.2 Å². The Kier molecular flexibility index (Phi) is 9.04. The lowest BCUT2D eigenvalue weighted by atomic mass is 9.96. The minimum Gasteiger partial charge on any atom is -0.497 e. The van der Waals surface area contributed by atoms with Crippen LogP contribution in [-0.2, 0) is 13.1 Å². The van der Waals surface area contributed by atoms with E-state index in [0.717, 1.165) is 55.0 Å². The number of benzene rings is 2. The van der Waals surface area contributed by atoms with Gasteiger partial charge in [0.1, 0.15) is 17.2 Å². The fourth-order valence-corrected chi connectivity index (χ4v) is 3.98. The maximum Gasteiger partial charge on any atom is 0.191 e. The molecule has 2 aromatic rings. The number of methoxy groups -OCH3 is 3. The highest BCUT2D eigenvalue weighted by Crippen LogP contribution is 2.24. The summed E-state index contributed by atoms with van der Waals surface area (Å²) in [5, 5.41) is 6.87. The van der Waals surface area contributed by atoms with Crippen LogP contribution in [-0.4, -0.2) is 58.9 Å². The van der Waals surface area contributed by atoms with Crippen LogP contribution in [0, 0.1) is 5.92 Å². The van der Waals surface area contributed by atoms with Crippen molar-refractivity contribution in [2.45, 2.75) is 25.9 Å². The normalized spacial score (nSPS) is 15.3. The number of nitrogens with one attached hydrogen (secondary N) is 2. The van der Waals surface area contributed by atoms with Gasteiger partial charge in [0.05, 0.1) is 21.3 Å². The van der Waals surface area contributed by atoms with Crippen LogP contribution in [0.4, 0.5) is 0 Å². The molecule has 1 fully saturated rings. The average molecular weight is 441 g/mol. The molecule has 0 aromatic heterocycles. The lowest BCUT2D eigenvalue weighted by Gasteiger charge is -2.32. The summed E-state index contributed by atoms with van der Waals surface area (Å²) in [6.45, 7) is 4.79. The van der Waals surface area contributed by atoms with Crippen molar-refractivity contribution in [3.8, 4) is 17.2 Å². The number of guanidine groups is 1. The lowest BCUT2D eigenvalue weighted by Crippen LogP contribution is -2.42. The minimum atomic E-state index is 0.632. The monoisotopic (exact) mass is 440 g/mol. The molecule has 1 aliphatic rings. The molecule has 174 valence electrons. The van der Waals surface area contributed by atoms with Gasteiger partial charge in [-0.15, -0.1) is 0 Å². The van der Waals surface area contributed by atoms with E-state index in [1.807, 2.05) is 30.3 Å². The molecule has 0 aliphatic carbocycles. The quantitative estimate of drug-likeness (QED) is 0.461. The Morgan fingerprint density at radius 2 is 1.62 bits per heavy atom. The zero-order valence-electron chi connectivity index (χ0n) is 19.7. The molecule has 0 spiro atoms. The third-order valence-electron chi connectivity index (χ3n) is 5.99. The van der Waals surface area contributed by atoms with Crippen molar-refractivity contribution in [1.82, 2.24) is 15.5 Å². The molecule has 0 atom stereocenters. The lowest BCUT2D eigenvalue weighted by molar-refractivity contribution is 0.178. The molecule has 7 nitrogen and oxygen atoms in total. The van der Waals surface area contributed by atoms with Crippen LogP contribution in [0.3, 0.4) is 0 Å². The predicted molar refractivity (Wildman–Crippen MR) is 129 cm³/mol. The zero-order chi connectivity index (χ0) is 22.8. The maximum atomic E-state index is 5.48. The third-order valence-corrected chi connectivity index (χ3v) is 5.99. The van der Waals surface area contributed by atoms with E-state index in [2.05, 4.69) is 32.7 Å². The first-order valence-corrected chi connectivity index (χ1v) is 11.2. The van der Waals surface area contributed by atoms with E-state index in [4.69, 9.17) is 14.2 Å². The van der Waals surface area contributed by atoms with Crippen molar-refractivity contribution in [2.75, 3.05) is 48.0 Å². The molecular weight excluding hydrogens is 404 g/mol. The number of rotatable bonds is 9. The first-order chi connectivity index (χ1) is 15.6. The summed E-state index contributed by atoms with van der Waals surface area (Å²) in [5.74, 6) is 3.95. The maximum absolute atomic E-state index is 5.48. The molecule has 32 heavy (non-hydrogen) atoms. The van der Waals surface area contributed by atoms with E-state index in [9.17, 15) is 0 Å². The van der Waals surface area contributed by atoms with Crippen LogP contribution in [0.1, 0.15) is 24.0 Å². The summed E-state index contributed by atoms with van der Waals surface area (Å²) in [6.07, 6.45) is 2.37. The van der Waals surface area contributed by atoms with Crippen LogP contribution < -0.4 is 24.8 Å².